The molecular formula is C19H26N6O2. The first-order valence-corrected chi connectivity index (χ1v) is 9.43. The van der Waals surface area contributed by atoms with Crippen molar-refractivity contribution < 1.29 is 4.52 Å². The molecule has 1 aromatic rings. The molecule has 8 nitrogen and oxygen atoms in total. The summed E-state index contributed by atoms with van der Waals surface area (Å²) in [6.45, 7) is 13.5. The van der Waals surface area contributed by atoms with E-state index in [2.05, 4.69) is 38.2 Å². The van der Waals surface area contributed by atoms with E-state index in [1.54, 1.807) is 9.13 Å². The molecule has 0 aliphatic carbocycles. The number of rotatable bonds is 3. The highest BCUT2D eigenvalue weighted by Crippen LogP contribution is 2.37. The molecule has 0 aromatic carbocycles. The highest BCUT2D eigenvalue weighted by atomic mass is 16.5. The number of anilines is 1. The third-order valence-corrected chi connectivity index (χ3v) is 5.28. The highest BCUT2D eigenvalue weighted by molar-refractivity contribution is 5.75. The molecule has 3 aliphatic heterocycles. The first-order valence-electron chi connectivity index (χ1n) is 9.43. The summed E-state index contributed by atoms with van der Waals surface area (Å²) in [6.07, 6.45) is 0.845. The molecule has 0 unspecified atom stereocenters. The molecule has 0 radical (unpaired) electrons. The van der Waals surface area contributed by atoms with Gasteiger partial charge in [0, 0.05) is 13.1 Å². The maximum atomic E-state index is 13.2. The first kappa shape index (κ1) is 17.8. The largest absolute Gasteiger partial charge is 0.364 e. The summed E-state index contributed by atoms with van der Waals surface area (Å²) in [5.41, 5.74) is 2.25. The van der Waals surface area contributed by atoms with E-state index in [0.29, 0.717) is 30.5 Å². The van der Waals surface area contributed by atoms with E-state index in [-0.39, 0.29) is 17.1 Å². The summed E-state index contributed by atoms with van der Waals surface area (Å²) < 4.78 is 8.82. The fourth-order valence-corrected chi connectivity index (χ4v) is 3.68. The van der Waals surface area contributed by atoms with E-state index < -0.39 is 0 Å². The van der Waals surface area contributed by atoms with Crippen LogP contribution in [0.4, 0.5) is 5.82 Å². The smallest absolute Gasteiger partial charge is 0.331 e. The average Bonchev–Trinajstić information content (AvgIpc) is 3.27. The Morgan fingerprint density at radius 3 is 2.59 bits per heavy atom. The maximum Gasteiger partial charge on any atom is 0.331 e. The van der Waals surface area contributed by atoms with Gasteiger partial charge in [-0.3, -0.25) is 9.13 Å². The van der Waals surface area contributed by atoms with Crippen LogP contribution in [0, 0.1) is 19.3 Å². The van der Waals surface area contributed by atoms with Gasteiger partial charge >= 0.3 is 5.69 Å². The summed E-state index contributed by atoms with van der Waals surface area (Å²) in [5, 5.41) is 7.53. The molecule has 4 heterocycles. The first-order chi connectivity index (χ1) is 12.7. The van der Waals surface area contributed by atoms with Crippen molar-refractivity contribution in [2.24, 2.45) is 5.41 Å². The Bertz CT molecular complexity index is 1020. The van der Waals surface area contributed by atoms with Gasteiger partial charge in [-0.2, -0.15) is 0 Å². The van der Waals surface area contributed by atoms with Crippen molar-refractivity contribution in [1.82, 2.24) is 24.3 Å². The zero-order chi connectivity index (χ0) is 19.5. The number of aryl methyl sites for hydroxylation is 2. The van der Waals surface area contributed by atoms with Crippen molar-refractivity contribution >= 4 is 5.82 Å². The van der Waals surface area contributed by atoms with Gasteiger partial charge in [0.15, 0.2) is 11.6 Å². The van der Waals surface area contributed by atoms with Gasteiger partial charge in [-0.25, -0.2) is 14.8 Å². The van der Waals surface area contributed by atoms with Crippen LogP contribution in [0.1, 0.15) is 45.6 Å². The van der Waals surface area contributed by atoms with Crippen molar-refractivity contribution in [2.75, 3.05) is 5.32 Å². The van der Waals surface area contributed by atoms with E-state index in [1.165, 1.54) is 0 Å². The number of hydrogen-bond donors (Lipinski definition) is 1. The lowest BCUT2D eigenvalue weighted by Gasteiger charge is -2.26. The monoisotopic (exact) mass is 370 g/mol. The van der Waals surface area contributed by atoms with Crippen LogP contribution in [0.5, 0.6) is 0 Å². The normalized spacial score (nSPS) is 16.7. The fraction of sp³-hybridized carbons (Fsp3) is 0.579. The van der Waals surface area contributed by atoms with Gasteiger partial charge in [0.2, 0.25) is 0 Å². The summed E-state index contributed by atoms with van der Waals surface area (Å²) >= 11 is 0. The molecule has 27 heavy (non-hydrogen) atoms. The molecule has 0 spiro atoms. The molecule has 0 fully saturated rings. The third kappa shape index (κ3) is 2.65. The Balaban J connectivity index is 1.96. The molecule has 1 aromatic heterocycles. The Hall–Kier alpha value is -2.64. The van der Waals surface area contributed by atoms with Crippen molar-refractivity contribution in [3.05, 3.63) is 21.9 Å². The molecule has 0 saturated heterocycles. The molecule has 0 bridgehead atoms. The minimum absolute atomic E-state index is 0.0187. The lowest BCUT2D eigenvalue weighted by Crippen LogP contribution is -2.35. The van der Waals surface area contributed by atoms with Crippen LogP contribution >= 0.6 is 0 Å². The van der Waals surface area contributed by atoms with E-state index >= 15 is 0 Å². The van der Waals surface area contributed by atoms with Crippen molar-refractivity contribution in [3.63, 3.8) is 0 Å². The van der Waals surface area contributed by atoms with Gasteiger partial charge < -0.3 is 9.84 Å². The second-order valence-corrected chi connectivity index (χ2v) is 8.37. The molecule has 0 amide bonds. The molecule has 0 saturated carbocycles. The van der Waals surface area contributed by atoms with Gasteiger partial charge in [0.25, 0.3) is 0 Å². The van der Waals surface area contributed by atoms with Gasteiger partial charge in [-0.1, -0.05) is 32.9 Å². The lowest BCUT2D eigenvalue weighted by atomic mass is 9.87. The average molecular weight is 370 g/mol. The van der Waals surface area contributed by atoms with Crippen LogP contribution in [0.15, 0.2) is 9.32 Å². The Kier molecular flexibility index (Phi) is 3.90. The fourth-order valence-electron chi connectivity index (χ4n) is 3.68. The zero-order valence-electron chi connectivity index (χ0n) is 16.8. The molecule has 4 rings (SSSR count). The van der Waals surface area contributed by atoms with Crippen LogP contribution in [0.3, 0.4) is 0 Å². The standard InChI is InChI=1S/C19H26N6O2/c1-7-8-24-17-14(21-15(22-17)13-10(2)23-27-11(13)3)16-20-12(19(4,5)6)9-25(16)18(24)26/h12,20H,7-9H2,1-6H3/t12-/m1/s1. The number of imidazole rings is 1. The number of hydrogen-bond acceptors (Lipinski definition) is 6. The van der Waals surface area contributed by atoms with Gasteiger partial charge in [0.05, 0.1) is 17.3 Å². The SMILES string of the molecule is CCCn1c2nc(-c3c(C)noc3C)nc-2c2n(c1=O)C[C@H](C(C)(C)C)N2. The van der Waals surface area contributed by atoms with Crippen LogP contribution in [-0.2, 0) is 13.1 Å². The molecule has 1 atom stereocenters. The highest BCUT2D eigenvalue weighted by Gasteiger charge is 2.36. The van der Waals surface area contributed by atoms with Crippen molar-refractivity contribution in [1.29, 1.82) is 0 Å². The Morgan fingerprint density at radius 1 is 1.26 bits per heavy atom. The molecule has 8 heteroatoms. The zero-order valence-corrected chi connectivity index (χ0v) is 16.8. The van der Waals surface area contributed by atoms with Crippen LogP contribution < -0.4 is 11.0 Å². The molecular weight excluding hydrogens is 344 g/mol. The minimum Gasteiger partial charge on any atom is -0.364 e. The van der Waals surface area contributed by atoms with Crippen LogP contribution in [0.25, 0.3) is 22.9 Å². The molecule has 3 aliphatic rings. The summed E-state index contributed by atoms with van der Waals surface area (Å²) in [6, 6.07) is 0.157. The second-order valence-electron chi connectivity index (χ2n) is 8.37. The third-order valence-electron chi connectivity index (χ3n) is 5.28. The van der Waals surface area contributed by atoms with E-state index in [9.17, 15) is 4.79 Å². The van der Waals surface area contributed by atoms with Gasteiger partial charge in [-0.05, 0) is 25.7 Å². The molecule has 1 N–H and O–H groups in total. The van der Waals surface area contributed by atoms with Gasteiger partial charge in [0.1, 0.15) is 17.3 Å². The van der Waals surface area contributed by atoms with Crippen molar-refractivity contribution in [2.45, 2.75) is 67.1 Å². The van der Waals surface area contributed by atoms with Crippen LogP contribution in [0.2, 0.25) is 0 Å². The second kappa shape index (κ2) is 5.94. The maximum absolute atomic E-state index is 13.2. The predicted molar refractivity (Wildman–Crippen MR) is 103 cm³/mol. The predicted octanol–water partition coefficient (Wildman–Crippen LogP) is 3.07. The summed E-state index contributed by atoms with van der Waals surface area (Å²) in [7, 11) is 0. The number of fused-ring (bicyclic) bond motifs is 3. The van der Waals surface area contributed by atoms with E-state index in [1.807, 2.05) is 13.8 Å². The number of nitrogens with zero attached hydrogens (tertiary/aromatic N) is 5. The topological polar surface area (TPSA) is 90.8 Å². The van der Waals surface area contributed by atoms with E-state index in [4.69, 9.17) is 14.5 Å². The van der Waals surface area contributed by atoms with Crippen LogP contribution in [-0.4, -0.2) is 30.3 Å². The molecule has 144 valence electrons. The Morgan fingerprint density at radius 2 is 2.00 bits per heavy atom. The summed E-state index contributed by atoms with van der Waals surface area (Å²) in [4.78, 5) is 22.7. The number of nitrogens with one attached hydrogen (secondary N) is 1. The Labute approximate surface area is 157 Å². The van der Waals surface area contributed by atoms with E-state index in [0.717, 1.165) is 29.2 Å². The summed E-state index contributed by atoms with van der Waals surface area (Å²) in [5.74, 6) is 2.61. The number of aromatic nitrogens is 5. The van der Waals surface area contributed by atoms with Crippen molar-refractivity contribution in [3.8, 4) is 22.9 Å². The quantitative estimate of drug-likeness (QED) is 0.762. The lowest BCUT2D eigenvalue weighted by molar-refractivity contribution is 0.327. The van der Waals surface area contributed by atoms with Gasteiger partial charge in [-0.15, -0.1) is 0 Å². The minimum atomic E-state index is -0.0381.